The van der Waals surface area contributed by atoms with E-state index in [9.17, 15) is 4.79 Å². The quantitative estimate of drug-likeness (QED) is 0.730. The van der Waals surface area contributed by atoms with Crippen LogP contribution in [0.15, 0.2) is 35.8 Å². The van der Waals surface area contributed by atoms with E-state index < -0.39 is 0 Å². The van der Waals surface area contributed by atoms with E-state index in [2.05, 4.69) is 15.0 Å². The molecule has 6 nitrogen and oxygen atoms in total. The van der Waals surface area contributed by atoms with Gasteiger partial charge in [-0.25, -0.2) is 9.97 Å². The standard InChI is InChI=1S/C10H10N4O2/c1-16-10-11-4-8(5-12-10)6-14-3-2-9(15)13-7-14/h2-5,7H,6H2,1H3. The molecule has 82 valence electrons. The van der Waals surface area contributed by atoms with E-state index >= 15 is 0 Å². The van der Waals surface area contributed by atoms with E-state index in [-0.39, 0.29) is 5.56 Å². The maximum absolute atomic E-state index is 10.8. The maximum atomic E-state index is 10.8. The lowest BCUT2D eigenvalue weighted by molar-refractivity contribution is 0.379. The topological polar surface area (TPSA) is 69.9 Å². The average molecular weight is 218 g/mol. The predicted octanol–water partition coefficient (Wildman–Crippen LogP) is 0.0902. The van der Waals surface area contributed by atoms with Crippen LogP contribution in [0.25, 0.3) is 0 Å². The highest BCUT2D eigenvalue weighted by Gasteiger charge is 1.97. The zero-order valence-electron chi connectivity index (χ0n) is 8.70. The summed E-state index contributed by atoms with van der Waals surface area (Å²) in [6, 6.07) is 1.74. The Kier molecular flexibility index (Phi) is 2.90. The summed E-state index contributed by atoms with van der Waals surface area (Å²) in [5, 5.41) is 0. The summed E-state index contributed by atoms with van der Waals surface area (Å²) in [6.45, 7) is 0.567. The summed E-state index contributed by atoms with van der Waals surface area (Å²) in [7, 11) is 1.51. The van der Waals surface area contributed by atoms with E-state index in [0.717, 1.165) is 5.56 Å². The van der Waals surface area contributed by atoms with E-state index in [1.807, 2.05) is 0 Å². The minimum Gasteiger partial charge on any atom is -0.467 e. The minimum atomic E-state index is -0.248. The number of hydrogen-bond donors (Lipinski definition) is 0. The average Bonchev–Trinajstić information content (AvgIpc) is 2.33. The van der Waals surface area contributed by atoms with Crippen molar-refractivity contribution < 1.29 is 4.74 Å². The first kappa shape index (κ1) is 10.3. The molecule has 6 heteroatoms. The third-order valence-electron chi connectivity index (χ3n) is 1.97. The number of hydrogen-bond acceptors (Lipinski definition) is 5. The molecule has 0 fully saturated rings. The zero-order valence-corrected chi connectivity index (χ0v) is 8.70. The molecular formula is C10H10N4O2. The molecule has 2 aromatic rings. The highest BCUT2D eigenvalue weighted by atomic mass is 16.5. The summed E-state index contributed by atoms with van der Waals surface area (Å²) in [5.41, 5.74) is 0.661. The van der Waals surface area contributed by atoms with Crippen LogP contribution in [0.5, 0.6) is 6.01 Å². The molecule has 0 aliphatic rings. The van der Waals surface area contributed by atoms with Crippen molar-refractivity contribution in [2.75, 3.05) is 7.11 Å². The molecule has 0 aliphatic heterocycles. The minimum absolute atomic E-state index is 0.248. The Morgan fingerprint density at radius 2 is 2.06 bits per heavy atom. The van der Waals surface area contributed by atoms with Gasteiger partial charge in [0.05, 0.1) is 20.0 Å². The van der Waals surface area contributed by atoms with E-state index in [1.165, 1.54) is 19.5 Å². The molecule has 2 heterocycles. The van der Waals surface area contributed by atoms with Crippen molar-refractivity contribution in [2.45, 2.75) is 6.54 Å². The second-order valence-electron chi connectivity index (χ2n) is 3.15. The lowest BCUT2D eigenvalue weighted by atomic mass is 10.3. The molecule has 16 heavy (non-hydrogen) atoms. The Labute approximate surface area is 91.6 Å². The summed E-state index contributed by atoms with van der Waals surface area (Å²) in [5.74, 6) is 0. The molecule has 0 spiro atoms. The van der Waals surface area contributed by atoms with Crippen molar-refractivity contribution >= 4 is 0 Å². The van der Waals surface area contributed by atoms with Crippen molar-refractivity contribution in [2.24, 2.45) is 0 Å². The zero-order chi connectivity index (χ0) is 11.4. The fourth-order valence-corrected chi connectivity index (χ4v) is 1.21. The third kappa shape index (κ3) is 2.41. The molecule has 0 saturated heterocycles. The first-order valence-electron chi connectivity index (χ1n) is 4.65. The van der Waals surface area contributed by atoms with Crippen molar-refractivity contribution in [3.63, 3.8) is 0 Å². The molecule has 0 atom stereocenters. The number of methoxy groups -OCH3 is 1. The van der Waals surface area contributed by atoms with Gasteiger partial charge in [-0.15, -0.1) is 0 Å². The Morgan fingerprint density at radius 1 is 1.31 bits per heavy atom. The van der Waals surface area contributed by atoms with Gasteiger partial charge < -0.3 is 9.30 Å². The summed E-state index contributed by atoms with van der Waals surface area (Å²) >= 11 is 0. The van der Waals surface area contributed by atoms with Gasteiger partial charge in [0.15, 0.2) is 0 Å². The van der Waals surface area contributed by atoms with Crippen LogP contribution >= 0.6 is 0 Å². The number of aromatic nitrogens is 4. The van der Waals surface area contributed by atoms with Crippen molar-refractivity contribution in [3.8, 4) is 6.01 Å². The molecule has 0 N–H and O–H groups in total. The first-order chi connectivity index (χ1) is 7.78. The van der Waals surface area contributed by atoms with Gasteiger partial charge in [0.1, 0.15) is 0 Å². The van der Waals surface area contributed by atoms with Crippen molar-refractivity contribution in [1.82, 2.24) is 19.5 Å². The summed E-state index contributed by atoms with van der Waals surface area (Å²) in [6.07, 6.45) is 6.49. The highest BCUT2D eigenvalue weighted by Crippen LogP contribution is 2.02. The Hall–Kier alpha value is -2.24. The molecule has 0 unspecified atom stereocenters. The van der Waals surface area contributed by atoms with Crippen LogP contribution < -0.4 is 10.3 Å². The van der Waals surface area contributed by atoms with Crippen LogP contribution in [-0.2, 0) is 6.54 Å². The van der Waals surface area contributed by atoms with Crippen LogP contribution in [-0.4, -0.2) is 26.6 Å². The van der Waals surface area contributed by atoms with Gasteiger partial charge in [0.25, 0.3) is 5.56 Å². The Morgan fingerprint density at radius 3 is 2.62 bits per heavy atom. The van der Waals surface area contributed by atoms with Crippen LogP contribution in [0.2, 0.25) is 0 Å². The predicted molar refractivity (Wildman–Crippen MR) is 56.2 cm³/mol. The Balaban J connectivity index is 2.14. The van der Waals surface area contributed by atoms with Crippen molar-refractivity contribution in [3.05, 3.63) is 46.9 Å². The molecule has 0 saturated carbocycles. The summed E-state index contributed by atoms with van der Waals surface area (Å²) in [4.78, 5) is 22.4. The van der Waals surface area contributed by atoms with Crippen LogP contribution in [0, 0.1) is 0 Å². The van der Waals surface area contributed by atoms with Gasteiger partial charge in [-0.2, -0.15) is 4.98 Å². The first-order valence-corrected chi connectivity index (χ1v) is 4.65. The molecule has 0 aromatic carbocycles. The van der Waals surface area contributed by atoms with Gasteiger partial charge in [0, 0.05) is 30.2 Å². The Bertz CT molecular complexity index is 501. The number of ether oxygens (including phenoxy) is 1. The van der Waals surface area contributed by atoms with Gasteiger partial charge in [0.2, 0.25) is 0 Å². The molecule has 2 rings (SSSR count). The lowest BCUT2D eigenvalue weighted by Gasteiger charge is -2.04. The summed E-state index contributed by atoms with van der Waals surface area (Å²) < 4.78 is 6.62. The fourth-order valence-electron chi connectivity index (χ4n) is 1.21. The van der Waals surface area contributed by atoms with E-state index in [0.29, 0.717) is 12.6 Å². The highest BCUT2D eigenvalue weighted by molar-refractivity contribution is 5.08. The fraction of sp³-hybridized carbons (Fsp3) is 0.200. The van der Waals surface area contributed by atoms with Gasteiger partial charge in [-0.05, 0) is 0 Å². The second-order valence-corrected chi connectivity index (χ2v) is 3.15. The largest absolute Gasteiger partial charge is 0.467 e. The van der Waals surface area contributed by atoms with Crippen LogP contribution in [0.3, 0.4) is 0 Å². The number of nitrogens with zero attached hydrogens (tertiary/aromatic N) is 4. The van der Waals surface area contributed by atoms with E-state index in [1.54, 1.807) is 23.2 Å². The van der Waals surface area contributed by atoms with Crippen LogP contribution in [0.1, 0.15) is 5.56 Å². The smallest absolute Gasteiger partial charge is 0.316 e. The van der Waals surface area contributed by atoms with Gasteiger partial charge in [-0.3, -0.25) is 4.79 Å². The maximum Gasteiger partial charge on any atom is 0.316 e. The van der Waals surface area contributed by atoms with Crippen LogP contribution in [0.4, 0.5) is 0 Å². The van der Waals surface area contributed by atoms with Gasteiger partial charge in [-0.1, -0.05) is 0 Å². The third-order valence-corrected chi connectivity index (χ3v) is 1.97. The monoisotopic (exact) mass is 218 g/mol. The normalized spacial score (nSPS) is 10.1. The molecule has 0 amide bonds. The molecular weight excluding hydrogens is 208 g/mol. The van der Waals surface area contributed by atoms with E-state index in [4.69, 9.17) is 4.74 Å². The lowest BCUT2D eigenvalue weighted by Crippen LogP contribution is -2.09. The van der Waals surface area contributed by atoms with Gasteiger partial charge >= 0.3 is 6.01 Å². The van der Waals surface area contributed by atoms with Crippen molar-refractivity contribution in [1.29, 1.82) is 0 Å². The molecule has 0 aliphatic carbocycles. The second kappa shape index (κ2) is 4.52. The molecule has 2 aromatic heterocycles. The number of rotatable bonds is 3. The molecule has 0 bridgehead atoms. The SMILES string of the molecule is COc1ncc(Cn2ccc(=O)nc2)cn1. The molecule has 0 radical (unpaired) electrons.